The maximum Gasteiger partial charge on any atom is 0.319 e. The first-order valence-corrected chi connectivity index (χ1v) is 11.6. The van der Waals surface area contributed by atoms with Gasteiger partial charge < -0.3 is 16.0 Å². The number of rotatable bonds is 8. The van der Waals surface area contributed by atoms with E-state index in [1.54, 1.807) is 48.5 Å². The van der Waals surface area contributed by atoms with Gasteiger partial charge in [-0.05, 0) is 60.7 Å². The molecule has 0 atom stereocenters. The Labute approximate surface area is 196 Å². The van der Waals surface area contributed by atoms with Gasteiger partial charge in [-0.15, -0.1) is 6.58 Å². The van der Waals surface area contributed by atoms with Crippen LogP contribution in [0.15, 0.2) is 90.3 Å². The van der Waals surface area contributed by atoms with Crippen molar-refractivity contribution >= 4 is 50.6 Å². The van der Waals surface area contributed by atoms with Gasteiger partial charge in [0.1, 0.15) is 0 Å². The van der Waals surface area contributed by atoms with Crippen molar-refractivity contribution in [2.45, 2.75) is 4.90 Å². The molecule has 3 aromatic carbocycles. The molecule has 3 aromatic rings. The number of hydrogen-bond acceptors (Lipinski definition) is 4. The molecule has 0 bridgehead atoms. The molecule has 10 heteroatoms. The topological polar surface area (TPSA) is 116 Å². The van der Waals surface area contributed by atoms with Crippen LogP contribution >= 0.6 is 11.6 Å². The summed E-state index contributed by atoms with van der Waals surface area (Å²) >= 11 is 5.90. The molecule has 170 valence electrons. The Bertz CT molecular complexity index is 1280. The highest BCUT2D eigenvalue weighted by Crippen LogP contribution is 2.21. The Kier molecular flexibility index (Phi) is 7.70. The van der Waals surface area contributed by atoms with Crippen LogP contribution in [0.25, 0.3) is 0 Å². The average molecular weight is 485 g/mol. The molecule has 0 saturated heterocycles. The van der Waals surface area contributed by atoms with Crippen LogP contribution < -0.4 is 20.7 Å². The Balaban J connectivity index is 1.68. The molecular weight excluding hydrogens is 464 g/mol. The summed E-state index contributed by atoms with van der Waals surface area (Å²) in [7, 11) is -3.92. The lowest BCUT2D eigenvalue weighted by Gasteiger charge is -2.11. The monoisotopic (exact) mass is 484 g/mol. The van der Waals surface area contributed by atoms with Gasteiger partial charge in [0.25, 0.3) is 15.9 Å². The molecule has 0 fully saturated rings. The number of carbonyl (C=O) groups excluding carboxylic acids is 2. The number of benzene rings is 3. The first-order valence-electron chi connectivity index (χ1n) is 9.72. The summed E-state index contributed by atoms with van der Waals surface area (Å²) in [6.45, 7) is 3.86. The standard InChI is InChI=1S/C23H21ClN4O4S/c1-2-13-25-23(30)27-19-11-9-18(10-12-19)26-22(29)16-5-3-8-21(14-16)33(31,32)28-20-7-4-6-17(24)15-20/h2-12,14-15,28H,1,13H2,(H,26,29)(H2,25,27,30). The number of carbonyl (C=O) groups is 2. The summed E-state index contributed by atoms with van der Waals surface area (Å²) in [5.41, 5.74) is 1.48. The number of hydrogen-bond donors (Lipinski definition) is 4. The van der Waals surface area contributed by atoms with Crippen molar-refractivity contribution in [1.29, 1.82) is 0 Å². The summed E-state index contributed by atoms with van der Waals surface area (Å²) in [4.78, 5) is 24.2. The minimum atomic E-state index is -3.92. The third-order valence-electron chi connectivity index (χ3n) is 4.29. The number of anilines is 3. The number of amides is 3. The quantitative estimate of drug-likeness (QED) is 0.347. The van der Waals surface area contributed by atoms with Crippen LogP contribution in [-0.4, -0.2) is 26.9 Å². The highest BCUT2D eigenvalue weighted by Gasteiger charge is 2.17. The lowest BCUT2D eigenvalue weighted by atomic mass is 10.2. The maximum absolute atomic E-state index is 12.7. The molecule has 0 aliphatic heterocycles. The van der Waals surface area contributed by atoms with Crippen LogP contribution in [0.1, 0.15) is 10.4 Å². The summed E-state index contributed by atoms with van der Waals surface area (Å²) in [6.07, 6.45) is 1.56. The van der Waals surface area contributed by atoms with Crippen LogP contribution in [0, 0.1) is 0 Å². The van der Waals surface area contributed by atoms with E-state index in [-0.39, 0.29) is 16.5 Å². The van der Waals surface area contributed by atoms with E-state index >= 15 is 0 Å². The van der Waals surface area contributed by atoms with E-state index in [0.29, 0.717) is 28.6 Å². The minimum absolute atomic E-state index is 0.0693. The van der Waals surface area contributed by atoms with Crippen LogP contribution in [0.2, 0.25) is 5.02 Å². The zero-order chi connectivity index (χ0) is 23.8. The van der Waals surface area contributed by atoms with Gasteiger partial charge in [-0.3, -0.25) is 9.52 Å². The molecule has 0 radical (unpaired) electrons. The second-order valence-electron chi connectivity index (χ2n) is 6.80. The third-order valence-corrected chi connectivity index (χ3v) is 5.91. The fraction of sp³-hybridized carbons (Fsp3) is 0.0435. The van der Waals surface area contributed by atoms with Crippen molar-refractivity contribution in [2.24, 2.45) is 0 Å². The van der Waals surface area contributed by atoms with Gasteiger partial charge in [-0.2, -0.15) is 0 Å². The molecule has 0 spiro atoms. The molecule has 0 saturated carbocycles. The fourth-order valence-electron chi connectivity index (χ4n) is 2.75. The molecule has 33 heavy (non-hydrogen) atoms. The molecule has 3 amide bonds. The predicted octanol–water partition coefficient (Wildman–Crippen LogP) is 4.70. The zero-order valence-electron chi connectivity index (χ0n) is 17.3. The first-order chi connectivity index (χ1) is 15.8. The second-order valence-corrected chi connectivity index (χ2v) is 8.92. The highest BCUT2D eigenvalue weighted by atomic mass is 35.5. The van der Waals surface area contributed by atoms with Gasteiger partial charge in [0.15, 0.2) is 0 Å². The Hall–Kier alpha value is -3.82. The maximum atomic E-state index is 12.7. The van der Waals surface area contributed by atoms with Crippen LogP contribution in [-0.2, 0) is 10.0 Å². The van der Waals surface area contributed by atoms with Crippen LogP contribution in [0.4, 0.5) is 21.9 Å². The van der Waals surface area contributed by atoms with E-state index in [1.807, 2.05) is 0 Å². The van der Waals surface area contributed by atoms with Gasteiger partial charge in [0.2, 0.25) is 0 Å². The molecule has 0 aliphatic rings. The van der Waals surface area contributed by atoms with Gasteiger partial charge in [-0.1, -0.05) is 29.8 Å². The Morgan fingerprint density at radius 2 is 1.55 bits per heavy atom. The first kappa shape index (κ1) is 23.8. The van der Waals surface area contributed by atoms with E-state index in [9.17, 15) is 18.0 Å². The lowest BCUT2D eigenvalue weighted by Crippen LogP contribution is -2.28. The number of urea groups is 1. The fourth-order valence-corrected chi connectivity index (χ4v) is 4.04. The number of halogens is 1. The molecule has 0 unspecified atom stereocenters. The van der Waals surface area contributed by atoms with Crippen molar-refractivity contribution in [2.75, 3.05) is 21.9 Å². The molecule has 3 rings (SSSR count). The smallest absolute Gasteiger partial charge is 0.319 e. The summed E-state index contributed by atoms with van der Waals surface area (Å²) < 4.78 is 27.8. The zero-order valence-corrected chi connectivity index (χ0v) is 18.9. The van der Waals surface area contributed by atoms with Gasteiger partial charge in [0.05, 0.1) is 10.6 Å². The van der Waals surface area contributed by atoms with Gasteiger partial charge in [0, 0.05) is 28.5 Å². The number of sulfonamides is 1. The van der Waals surface area contributed by atoms with E-state index in [0.717, 1.165) is 0 Å². The average Bonchev–Trinajstić information content (AvgIpc) is 2.79. The Morgan fingerprint density at radius 3 is 2.21 bits per heavy atom. The van der Waals surface area contributed by atoms with Crippen molar-refractivity contribution in [1.82, 2.24) is 5.32 Å². The largest absolute Gasteiger partial charge is 0.334 e. The molecular formula is C23H21ClN4O4S. The van der Waals surface area contributed by atoms with E-state index in [4.69, 9.17) is 11.6 Å². The molecule has 4 N–H and O–H groups in total. The van der Waals surface area contributed by atoms with Gasteiger partial charge in [-0.25, -0.2) is 13.2 Å². The van der Waals surface area contributed by atoms with E-state index < -0.39 is 15.9 Å². The Morgan fingerprint density at radius 1 is 0.879 bits per heavy atom. The normalized spacial score (nSPS) is 10.7. The summed E-state index contributed by atoms with van der Waals surface area (Å²) in [5, 5.41) is 8.32. The van der Waals surface area contributed by atoms with E-state index in [1.165, 1.54) is 30.3 Å². The SMILES string of the molecule is C=CCNC(=O)Nc1ccc(NC(=O)c2cccc(S(=O)(=O)Nc3cccc(Cl)c3)c2)cc1. The molecule has 8 nitrogen and oxygen atoms in total. The summed E-state index contributed by atoms with van der Waals surface area (Å²) in [5.74, 6) is -0.487. The van der Waals surface area contributed by atoms with Crippen molar-refractivity contribution in [3.63, 3.8) is 0 Å². The minimum Gasteiger partial charge on any atom is -0.334 e. The highest BCUT2D eigenvalue weighted by molar-refractivity contribution is 7.92. The molecule has 0 heterocycles. The van der Waals surface area contributed by atoms with Crippen LogP contribution in [0.5, 0.6) is 0 Å². The second kappa shape index (κ2) is 10.7. The van der Waals surface area contributed by atoms with Gasteiger partial charge >= 0.3 is 6.03 Å². The van der Waals surface area contributed by atoms with Crippen molar-refractivity contribution in [3.05, 3.63) is 96.0 Å². The number of nitrogens with one attached hydrogen (secondary N) is 4. The summed E-state index contributed by atoms with van der Waals surface area (Å²) in [6, 6.07) is 18.1. The third kappa shape index (κ3) is 6.83. The molecule has 0 aromatic heterocycles. The predicted molar refractivity (Wildman–Crippen MR) is 130 cm³/mol. The van der Waals surface area contributed by atoms with E-state index in [2.05, 4.69) is 27.3 Å². The lowest BCUT2D eigenvalue weighted by molar-refractivity contribution is 0.102. The molecule has 0 aliphatic carbocycles. The van der Waals surface area contributed by atoms with Crippen molar-refractivity contribution in [3.8, 4) is 0 Å². The van der Waals surface area contributed by atoms with Crippen molar-refractivity contribution < 1.29 is 18.0 Å². The van der Waals surface area contributed by atoms with Crippen LogP contribution in [0.3, 0.4) is 0 Å².